The Hall–Kier alpha value is -2.87. The van der Waals surface area contributed by atoms with E-state index in [0.717, 1.165) is 23.3 Å². The van der Waals surface area contributed by atoms with Crippen molar-refractivity contribution >= 4 is 18.1 Å². The second kappa shape index (κ2) is 8.43. The lowest BCUT2D eigenvalue weighted by atomic mass is 10.1. The Kier molecular flexibility index (Phi) is 5.99. The standard InChI is InChI=1S/C20H20F2N4OS/c1-12-3-5-14(6-4-12)19-24-25-20(28)26(19)10-9-18(27)23-13(2)15-7-8-16(21)17(22)11-15/h3-8,11,13H,9-10H2,1-2H3,(H,23,27)(H,25,28)/t13-/m0/s1. The van der Waals surface area contributed by atoms with E-state index in [1.54, 1.807) is 11.5 Å². The van der Waals surface area contributed by atoms with Crippen LogP contribution in [-0.2, 0) is 11.3 Å². The van der Waals surface area contributed by atoms with E-state index in [1.165, 1.54) is 6.07 Å². The summed E-state index contributed by atoms with van der Waals surface area (Å²) in [5, 5.41) is 9.80. The molecule has 5 nitrogen and oxygen atoms in total. The lowest BCUT2D eigenvalue weighted by molar-refractivity contribution is -0.121. The molecule has 1 heterocycles. The highest BCUT2D eigenvalue weighted by atomic mass is 32.1. The number of benzene rings is 2. The molecule has 1 aromatic heterocycles. The largest absolute Gasteiger partial charge is 0.350 e. The number of hydrogen-bond donors (Lipinski definition) is 2. The number of halogens is 2. The number of aryl methyl sites for hydroxylation is 1. The van der Waals surface area contributed by atoms with Gasteiger partial charge in [-0.3, -0.25) is 14.5 Å². The van der Waals surface area contributed by atoms with Gasteiger partial charge in [0.1, 0.15) is 0 Å². The summed E-state index contributed by atoms with van der Waals surface area (Å²) in [6.07, 6.45) is 0.167. The fourth-order valence-electron chi connectivity index (χ4n) is 2.84. The normalized spacial score (nSPS) is 12.0. The molecule has 0 spiro atoms. The van der Waals surface area contributed by atoms with Gasteiger partial charge in [-0.2, -0.15) is 5.10 Å². The Morgan fingerprint density at radius 3 is 2.61 bits per heavy atom. The average Bonchev–Trinajstić information content (AvgIpc) is 3.03. The van der Waals surface area contributed by atoms with Crippen LogP contribution in [0.3, 0.4) is 0 Å². The van der Waals surface area contributed by atoms with Crippen LogP contribution in [0.2, 0.25) is 0 Å². The maximum absolute atomic E-state index is 13.4. The molecule has 8 heteroatoms. The second-order valence-electron chi connectivity index (χ2n) is 6.58. The van der Waals surface area contributed by atoms with Crippen LogP contribution in [0.15, 0.2) is 42.5 Å². The highest BCUT2D eigenvalue weighted by Crippen LogP contribution is 2.19. The summed E-state index contributed by atoms with van der Waals surface area (Å²) < 4.78 is 28.6. The van der Waals surface area contributed by atoms with E-state index < -0.39 is 17.7 Å². The van der Waals surface area contributed by atoms with Gasteiger partial charge >= 0.3 is 0 Å². The minimum Gasteiger partial charge on any atom is -0.350 e. The van der Waals surface area contributed by atoms with Gasteiger partial charge in [-0.25, -0.2) is 8.78 Å². The lowest BCUT2D eigenvalue weighted by Gasteiger charge is -2.15. The topological polar surface area (TPSA) is 62.7 Å². The van der Waals surface area contributed by atoms with E-state index >= 15 is 0 Å². The van der Waals surface area contributed by atoms with Gasteiger partial charge in [-0.15, -0.1) is 0 Å². The highest BCUT2D eigenvalue weighted by Gasteiger charge is 2.14. The molecule has 0 unspecified atom stereocenters. The minimum absolute atomic E-state index is 0.167. The third kappa shape index (κ3) is 4.51. The molecular formula is C20H20F2N4OS. The third-order valence-corrected chi connectivity index (χ3v) is 4.76. The molecule has 0 saturated carbocycles. The van der Waals surface area contributed by atoms with Crippen LogP contribution in [0.5, 0.6) is 0 Å². The number of carbonyl (C=O) groups excluding carboxylic acids is 1. The summed E-state index contributed by atoms with van der Waals surface area (Å²) in [5.74, 6) is -1.42. The molecular weight excluding hydrogens is 382 g/mol. The van der Waals surface area contributed by atoms with Gasteiger partial charge in [0, 0.05) is 18.5 Å². The first kappa shape index (κ1) is 19.9. The van der Waals surface area contributed by atoms with Crippen molar-refractivity contribution in [2.45, 2.75) is 32.9 Å². The minimum atomic E-state index is -0.939. The van der Waals surface area contributed by atoms with Crippen molar-refractivity contribution in [1.29, 1.82) is 0 Å². The quantitative estimate of drug-likeness (QED) is 0.599. The van der Waals surface area contributed by atoms with Crippen LogP contribution in [0.25, 0.3) is 11.4 Å². The number of nitrogens with one attached hydrogen (secondary N) is 2. The van der Waals surface area contributed by atoms with Crippen LogP contribution < -0.4 is 5.32 Å². The van der Waals surface area contributed by atoms with Gasteiger partial charge in [0.2, 0.25) is 5.91 Å². The first-order valence-electron chi connectivity index (χ1n) is 8.81. The van der Waals surface area contributed by atoms with Crippen molar-refractivity contribution < 1.29 is 13.6 Å². The molecule has 0 aliphatic heterocycles. The molecule has 2 aromatic carbocycles. The molecule has 1 atom stereocenters. The number of nitrogens with zero attached hydrogens (tertiary/aromatic N) is 2. The molecule has 3 aromatic rings. The monoisotopic (exact) mass is 402 g/mol. The number of H-pyrrole nitrogens is 1. The van der Waals surface area contributed by atoms with Crippen molar-refractivity contribution in [2.75, 3.05) is 0 Å². The number of amides is 1. The van der Waals surface area contributed by atoms with Gasteiger partial charge < -0.3 is 5.32 Å². The SMILES string of the molecule is Cc1ccc(-c2n[nH]c(=S)n2CCC(=O)N[C@@H](C)c2ccc(F)c(F)c2)cc1. The number of aromatic nitrogens is 3. The Morgan fingerprint density at radius 2 is 1.93 bits per heavy atom. The van der Waals surface area contributed by atoms with Crippen molar-refractivity contribution in [1.82, 2.24) is 20.1 Å². The van der Waals surface area contributed by atoms with Crippen LogP contribution in [-0.4, -0.2) is 20.7 Å². The highest BCUT2D eigenvalue weighted by molar-refractivity contribution is 7.71. The summed E-state index contributed by atoms with van der Waals surface area (Å²) in [4.78, 5) is 12.3. The van der Waals surface area contributed by atoms with Crippen molar-refractivity contribution in [3.05, 3.63) is 70.0 Å². The Morgan fingerprint density at radius 1 is 1.21 bits per heavy atom. The second-order valence-corrected chi connectivity index (χ2v) is 6.97. The fraction of sp³-hybridized carbons (Fsp3) is 0.250. The molecule has 2 N–H and O–H groups in total. The van der Waals surface area contributed by atoms with Gasteiger partial charge in [-0.05, 0) is 43.8 Å². The van der Waals surface area contributed by atoms with E-state index in [9.17, 15) is 13.6 Å². The summed E-state index contributed by atoms with van der Waals surface area (Å²) in [5.41, 5.74) is 2.52. The number of hydrogen-bond acceptors (Lipinski definition) is 3. The number of rotatable bonds is 6. The zero-order chi connectivity index (χ0) is 20.3. The summed E-state index contributed by atoms with van der Waals surface area (Å²) in [6.45, 7) is 4.06. The van der Waals surface area contributed by atoms with Crippen molar-refractivity contribution in [2.24, 2.45) is 0 Å². The molecule has 0 fully saturated rings. The molecule has 28 heavy (non-hydrogen) atoms. The average molecular weight is 402 g/mol. The molecule has 1 amide bonds. The Balaban J connectivity index is 1.66. The van der Waals surface area contributed by atoms with E-state index in [1.807, 2.05) is 31.2 Å². The van der Waals surface area contributed by atoms with E-state index in [0.29, 0.717) is 22.7 Å². The first-order valence-corrected chi connectivity index (χ1v) is 9.22. The predicted molar refractivity (Wildman–Crippen MR) is 105 cm³/mol. The maximum atomic E-state index is 13.4. The maximum Gasteiger partial charge on any atom is 0.222 e. The van der Waals surface area contributed by atoms with Crippen LogP contribution in [0, 0.1) is 23.3 Å². The van der Waals surface area contributed by atoms with Gasteiger partial charge in [0.05, 0.1) is 6.04 Å². The Bertz CT molecular complexity index is 1040. The zero-order valence-corrected chi connectivity index (χ0v) is 16.3. The van der Waals surface area contributed by atoms with Gasteiger partial charge in [-0.1, -0.05) is 35.9 Å². The Labute approximate surface area is 166 Å². The van der Waals surface area contributed by atoms with Gasteiger partial charge in [0.25, 0.3) is 0 Å². The van der Waals surface area contributed by atoms with Crippen LogP contribution in [0.4, 0.5) is 8.78 Å². The van der Waals surface area contributed by atoms with E-state index in [-0.39, 0.29) is 12.3 Å². The zero-order valence-electron chi connectivity index (χ0n) is 15.5. The van der Waals surface area contributed by atoms with Crippen LogP contribution >= 0.6 is 12.2 Å². The van der Waals surface area contributed by atoms with Crippen molar-refractivity contribution in [3.63, 3.8) is 0 Å². The predicted octanol–water partition coefficient (Wildman–Crippen LogP) is 4.46. The molecule has 0 radical (unpaired) electrons. The fourth-order valence-corrected chi connectivity index (χ4v) is 3.06. The van der Waals surface area contributed by atoms with Gasteiger partial charge in [0.15, 0.2) is 22.2 Å². The number of carbonyl (C=O) groups is 1. The smallest absolute Gasteiger partial charge is 0.222 e. The first-order chi connectivity index (χ1) is 13.3. The van der Waals surface area contributed by atoms with E-state index in [4.69, 9.17) is 12.2 Å². The third-order valence-electron chi connectivity index (χ3n) is 4.45. The summed E-state index contributed by atoms with van der Waals surface area (Å²) in [6, 6.07) is 11.0. The van der Waals surface area contributed by atoms with Crippen LogP contribution in [0.1, 0.15) is 30.5 Å². The molecule has 146 valence electrons. The molecule has 0 saturated heterocycles. The lowest BCUT2D eigenvalue weighted by Crippen LogP contribution is -2.27. The molecule has 0 aliphatic rings. The molecule has 0 aliphatic carbocycles. The molecule has 0 bridgehead atoms. The summed E-state index contributed by atoms with van der Waals surface area (Å²) in [7, 11) is 0. The van der Waals surface area contributed by atoms with Crippen molar-refractivity contribution in [3.8, 4) is 11.4 Å². The van der Waals surface area contributed by atoms with E-state index in [2.05, 4.69) is 15.5 Å². The molecule has 3 rings (SSSR count). The number of aromatic amines is 1. The summed E-state index contributed by atoms with van der Waals surface area (Å²) >= 11 is 5.28.